The highest BCUT2D eigenvalue weighted by atomic mass is 16.1. The van der Waals surface area contributed by atoms with Gasteiger partial charge in [0.1, 0.15) is 5.78 Å². The SMILES string of the molecule is CC(=O)C1C2CCCCC3CCCCC(C32)N1C. The number of hydrogen-bond donors (Lipinski definition) is 0. The molecule has 2 saturated carbocycles. The maximum atomic E-state index is 12.1. The number of likely N-dealkylation sites (tertiary alicyclic amines) is 1. The third-order valence-electron chi connectivity index (χ3n) is 5.95. The smallest absolute Gasteiger partial charge is 0.147 e. The summed E-state index contributed by atoms with van der Waals surface area (Å²) in [5.41, 5.74) is 0. The number of carbonyl (C=O) groups is 1. The van der Waals surface area contributed by atoms with E-state index in [0.29, 0.717) is 17.7 Å². The fourth-order valence-corrected chi connectivity index (χ4v) is 5.35. The molecule has 2 aliphatic carbocycles. The normalized spacial score (nSPS) is 45.1. The lowest BCUT2D eigenvalue weighted by atomic mass is 9.75. The Bertz CT molecular complexity index is 325. The van der Waals surface area contributed by atoms with Gasteiger partial charge in [-0.3, -0.25) is 9.69 Å². The van der Waals surface area contributed by atoms with Crippen LogP contribution in [0, 0.1) is 17.8 Å². The first-order valence-corrected chi connectivity index (χ1v) is 7.92. The van der Waals surface area contributed by atoms with Crippen LogP contribution in [0.4, 0.5) is 0 Å². The molecule has 0 spiro atoms. The van der Waals surface area contributed by atoms with Gasteiger partial charge in [0.15, 0.2) is 0 Å². The molecule has 0 bridgehead atoms. The van der Waals surface area contributed by atoms with Crippen LogP contribution >= 0.6 is 0 Å². The Labute approximate surface area is 111 Å². The maximum absolute atomic E-state index is 12.1. The van der Waals surface area contributed by atoms with Crippen LogP contribution in [0.3, 0.4) is 0 Å². The van der Waals surface area contributed by atoms with E-state index >= 15 is 0 Å². The van der Waals surface area contributed by atoms with Crippen molar-refractivity contribution < 1.29 is 4.79 Å². The highest BCUT2D eigenvalue weighted by Crippen LogP contribution is 2.50. The van der Waals surface area contributed by atoms with Crippen molar-refractivity contribution in [1.29, 1.82) is 0 Å². The van der Waals surface area contributed by atoms with E-state index in [9.17, 15) is 4.79 Å². The van der Waals surface area contributed by atoms with Crippen molar-refractivity contribution in [3.8, 4) is 0 Å². The van der Waals surface area contributed by atoms with Crippen LogP contribution < -0.4 is 0 Å². The third kappa shape index (κ3) is 1.93. The average Bonchev–Trinajstić information content (AvgIpc) is 2.51. The fraction of sp³-hybridized carbons (Fsp3) is 0.938. The lowest BCUT2D eigenvalue weighted by Crippen LogP contribution is -2.39. The van der Waals surface area contributed by atoms with Crippen LogP contribution in [0.1, 0.15) is 58.3 Å². The summed E-state index contributed by atoms with van der Waals surface area (Å²) in [5, 5.41) is 0. The summed E-state index contributed by atoms with van der Waals surface area (Å²) in [6, 6.07) is 0.938. The topological polar surface area (TPSA) is 20.3 Å². The van der Waals surface area contributed by atoms with Crippen molar-refractivity contribution >= 4 is 5.78 Å². The van der Waals surface area contributed by atoms with Crippen molar-refractivity contribution in [2.75, 3.05) is 7.05 Å². The van der Waals surface area contributed by atoms with Crippen LogP contribution in [0.15, 0.2) is 0 Å². The van der Waals surface area contributed by atoms with Gasteiger partial charge in [0, 0.05) is 6.04 Å². The van der Waals surface area contributed by atoms with E-state index in [1.54, 1.807) is 0 Å². The molecule has 1 heterocycles. The van der Waals surface area contributed by atoms with Gasteiger partial charge in [0.2, 0.25) is 0 Å². The van der Waals surface area contributed by atoms with Gasteiger partial charge in [-0.05, 0) is 44.6 Å². The lowest BCUT2D eigenvalue weighted by Gasteiger charge is -2.29. The highest BCUT2D eigenvalue weighted by Gasteiger charge is 2.51. The van der Waals surface area contributed by atoms with Crippen LogP contribution in [0.2, 0.25) is 0 Å². The van der Waals surface area contributed by atoms with Gasteiger partial charge < -0.3 is 0 Å². The van der Waals surface area contributed by atoms with E-state index in [1.807, 2.05) is 6.92 Å². The zero-order chi connectivity index (χ0) is 12.7. The van der Waals surface area contributed by atoms with Crippen LogP contribution in [-0.4, -0.2) is 29.8 Å². The summed E-state index contributed by atoms with van der Waals surface area (Å²) >= 11 is 0. The Morgan fingerprint density at radius 3 is 2.28 bits per heavy atom. The molecule has 0 N–H and O–H groups in total. The number of carbonyl (C=O) groups excluding carboxylic acids is 1. The van der Waals surface area contributed by atoms with Gasteiger partial charge in [-0.1, -0.05) is 38.5 Å². The van der Waals surface area contributed by atoms with E-state index in [2.05, 4.69) is 11.9 Å². The predicted molar refractivity (Wildman–Crippen MR) is 73.4 cm³/mol. The summed E-state index contributed by atoms with van der Waals surface area (Å²) in [5.74, 6) is 2.82. The molecule has 102 valence electrons. The van der Waals surface area contributed by atoms with Crippen molar-refractivity contribution in [1.82, 2.24) is 4.90 Å². The second kappa shape index (κ2) is 4.96. The van der Waals surface area contributed by atoms with Crippen LogP contribution in [0.25, 0.3) is 0 Å². The molecule has 18 heavy (non-hydrogen) atoms. The Kier molecular flexibility index (Phi) is 3.48. The van der Waals surface area contributed by atoms with E-state index in [4.69, 9.17) is 0 Å². The summed E-state index contributed by atoms with van der Waals surface area (Å²) in [4.78, 5) is 14.5. The van der Waals surface area contributed by atoms with Crippen molar-refractivity contribution in [3.05, 3.63) is 0 Å². The second-order valence-electron chi connectivity index (χ2n) is 6.86. The predicted octanol–water partition coefficient (Wildman–Crippen LogP) is 3.25. The van der Waals surface area contributed by atoms with Crippen molar-refractivity contribution in [3.63, 3.8) is 0 Å². The van der Waals surface area contributed by atoms with Crippen LogP contribution in [0.5, 0.6) is 0 Å². The summed E-state index contributed by atoms with van der Waals surface area (Å²) < 4.78 is 0. The van der Waals surface area contributed by atoms with Crippen LogP contribution in [-0.2, 0) is 4.79 Å². The molecular weight excluding hydrogens is 222 g/mol. The molecule has 1 saturated heterocycles. The van der Waals surface area contributed by atoms with E-state index in [-0.39, 0.29) is 6.04 Å². The summed E-state index contributed by atoms with van der Waals surface area (Å²) in [6.07, 6.45) is 11.0. The van der Waals surface area contributed by atoms with Gasteiger partial charge in [0.25, 0.3) is 0 Å². The van der Waals surface area contributed by atoms with Crippen molar-refractivity contribution in [2.45, 2.75) is 70.4 Å². The van der Waals surface area contributed by atoms with Gasteiger partial charge >= 0.3 is 0 Å². The van der Waals surface area contributed by atoms with Gasteiger partial charge in [-0.2, -0.15) is 0 Å². The molecule has 5 atom stereocenters. The quantitative estimate of drug-likeness (QED) is 0.711. The van der Waals surface area contributed by atoms with Gasteiger partial charge in [-0.25, -0.2) is 0 Å². The molecule has 0 aromatic carbocycles. The zero-order valence-corrected chi connectivity index (χ0v) is 11.9. The molecule has 3 rings (SSSR count). The molecule has 2 heteroatoms. The molecule has 3 aliphatic rings. The minimum Gasteiger partial charge on any atom is -0.298 e. The number of nitrogens with zero attached hydrogens (tertiary/aromatic N) is 1. The number of likely N-dealkylation sites (N-methyl/N-ethyl adjacent to an activating group) is 1. The van der Waals surface area contributed by atoms with E-state index in [0.717, 1.165) is 11.8 Å². The summed E-state index contributed by atoms with van der Waals surface area (Å²) in [7, 11) is 2.22. The first-order valence-electron chi connectivity index (χ1n) is 7.92. The molecule has 0 aromatic heterocycles. The van der Waals surface area contributed by atoms with E-state index in [1.165, 1.54) is 51.4 Å². The molecule has 1 aliphatic heterocycles. The lowest BCUT2D eigenvalue weighted by molar-refractivity contribution is -0.122. The Morgan fingerprint density at radius 2 is 1.61 bits per heavy atom. The van der Waals surface area contributed by atoms with Gasteiger partial charge in [0.05, 0.1) is 6.04 Å². The average molecular weight is 249 g/mol. The van der Waals surface area contributed by atoms with Crippen molar-refractivity contribution in [2.24, 2.45) is 17.8 Å². The molecule has 0 amide bonds. The molecule has 2 nitrogen and oxygen atoms in total. The Balaban J connectivity index is 1.94. The molecule has 3 fully saturated rings. The maximum Gasteiger partial charge on any atom is 0.147 e. The van der Waals surface area contributed by atoms with Gasteiger partial charge in [-0.15, -0.1) is 0 Å². The number of hydrogen-bond acceptors (Lipinski definition) is 2. The second-order valence-corrected chi connectivity index (χ2v) is 6.86. The monoisotopic (exact) mass is 249 g/mol. The number of ketones is 1. The minimum atomic E-state index is 0.235. The molecular formula is C16H27NO. The van der Waals surface area contributed by atoms with E-state index < -0.39 is 0 Å². The fourth-order valence-electron chi connectivity index (χ4n) is 5.35. The Hall–Kier alpha value is -0.370. The number of Topliss-reactive ketones (excluding diaryl/α,β-unsaturated/α-hetero) is 1. The minimum absolute atomic E-state index is 0.235. The first kappa shape index (κ1) is 12.7. The Morgan fingerprint density at radius 1 is 1.00 bits per heavy atom. The largest absolute Gasteiger partial charge is 0.298 e. The first-order chi connectivity index (χ1) is 8.70. The molecule has 0 aromatic rings. The zero-order valence-electron chi connectivity index (χ0n) is 11.9. The molecule has 0 radical (unpaired) electrons. The molecule has 5 unspecified atom stereocenters. The summed E-state index contributed by atoms with van der Waals surface area (Å²) in [6.45, 7) is 1.81. The highest BCUT2D eigenvalue weighted by molar-refractivity contribution is 5.82. The number of rotatable bonds is 1. The standard InChI is InChI=1S/C16H27NO/c1-11(18)16-13-9-5-3-7-12-8-4-6-10-14(15(12)13)17(16)2/h12-16H,3-10H2,1-2H3. The third-order valence-corrected chi connectivity index (χ3v) is 5.95.